The van der Waals surface area contributed by atoms with E-state index in [1.165, 1.54) is 44.9 Å². The molecule has 0 amide bonds. The van der Waals surface area contributed by atoms with Crippen molar-refractivity contribution in [2.45, 2.75) is 70.5 Å². The van der Waals surface area contributed by atoms with Gasteiger partial charge < -0.3 is 4.74 Å². The van der Waals surface area contributed by atoms with E-state index in [4.69, 9.17) is 11.2 Å². The summed E-state index contributed by atoms with van der Waals surface area (Å²) in [5, 5.41) is 0. The molecule has 0 aromatic carbocycles. The molecule has 80 valence electrons. The molecule has 1 fully saturated rings. The Morgan fingerprint density at radius 1 is 1.07 bits per heavy atom. The quantitative estimate of drug-likeness (QED) is 0.327. The molecule has 0 N–H and O–H groups in total. The van der Waals surface area contributed by atoms with Crippen molar-refractivity contribution in [3.8, 4) is 12.3 Å². The van der Waals surface area contributed by atoms with Crippen LogP contribution in [0.15, 0.2) is 0 Å². The first-order valence-electron chi connectivity index (χ1n) is 5.97. The Bertz CT molecular complexity index is 180. The van der Waals surface area contributed by atoms with Gasteiger partial charge in [0.15, 0.2) is 0 Å². The van der Waals surface area contributed by atoms with Gasteiger partial charge >= 0.3 is 0 Å². The summed E-state index contributed by atoms with van der Waals surface area (Å²) in [5.41, 5.74) is 0. The third kappa shape index (κ3) is 4.67. The summed E-state index contributed by atoms with van der Waals surface area (Å²) >= 11 is 0. The molecule has 1 saturated heterocycles. The molecule has 1 heterocycles. The van der Waals surface area contributed by atoms with Crippen molar-refractivity contribution in [1.82, 2.24) is 0 Å². The minimum atomic E-state index is 0.399. The van der Waals surface area contributed by atoms with E-state index in [1.54, 1.807) is 0 Å². The standard InChI is InChI=1S/C13H22O/c1-3-5-6-7-8-9-11-13-12(14-13)10-4-2/h2,12-13H,3,5-11H2,1H3. The van der Waals surface area contributed by atoms with Gasteiger partial charge in [-0.3, -0.25) is 0 Å². The SMILES string of the molecule is C#CCC1OC1CCCCCCCC. The minimum Gasteiger partial charge on any atom is -0.369 e. The highest BCUT2D eigenvalue weighted by Crippen LogP contribution is 2.29. The van der Waals surface area contributed by atoms with Gasteiger partial charge in [-0.15, -0.1) is 12.3 Å². The number of ether oxygens (including phenoxy) is 1. The molecule has 0 aromatic heterocycles. The minimum absolute atomic E-state index is 0.399. The predicted molar refractivity (Wildman–Crippen MR) is 60.1 cm³/mol. The Balaban J connectivity index is 1.80. The average Bonchev–Trinajstić information content (AvgIpc) is 2.91. The Morgan fingerprint density at radius 2 is 1.79 bits per heavy atom. The smallest absolute Gasteiger partial charge is 0.0950 e. The summed E-state index contributed by atoms with van der Waals surface area (Å²) in [5.74, 6) is 2.65. The summed E-state index contributed by atoms with van der Waals surface area (Å²) in [6, 6.07) is 0. The second kappa shape index (κ2) is 6.90. The summed E-state index contributed by atoms with van der Waals surface area (Å²) < 4.78 is 5.44. The topological polar surface area (TPSA) is 12.5 Å². The molecule has 0 spiro atoms. The van der Waals surface area contributed by atoms with E-state index in [1.807, 2.05) is 0 Å². The second-order valence-corrected chi connectivity index (χ2v) is 4.18. The van der Waals surface area contributed by atoms with Crippen LogP contribution in [0.25, 0.3) is 0 Å². The fourth-order valence-corrected chi connectivity index (χ4v) is 1.85. The highest BCUT2D eigenvalue weighted by molar-refractivity contribution is 4.96. The molecule has 0 radical (unpaired) electrons. The fraction of sp³-hybridized carbons (Fsp3) is 0.846. The van der Waals surface area contributed by atoms with Crippen molar-refractivity contribution in [2.75, 3.05) is 0 Å². The molecule has 0 aliphatic carbocycles. The van der Waals surface area contributed by atoms with E-state index < -0.39 is 0 Å². The zero-order valence-electron chi connectivity index (χ0n) is 9.30. The lowest BCUT2D eigenvalue weighted by Crippen LogP contribution is -1.92. The highest BCUT2D eigenvalue weighted by atomic mass is 16.6. The molecule has 0 saturated carbocycles. The van der Waals surface area contributed by atoms with Crippen molar-refractivity contribution in [2.24, 2.45) is 0 Å². The third-order valence-electron chi connectivity index (χ3n) is 2.85. The summed E-state index contributed by atoms with van der Waals surface area (Å²) in [6.07, 6.45) is 16.3. The molecule has 1 nitrogen and oxygen atoms in total. The van der Waals surface area contributed by atoms with Crippen LogP contribution in [-0.4, -0.2) is 12.2 Å². The van der Waals surface area contributed by atoms with Gasteiger partial charge in [-0.05, 0) is 6.42 Å². The van der Waals surface area contributed by atoms with Crippen molar-refractivity contribution < 1.29 is 4.74 Å². The van der Waals surface area contributed by atoms with Crippen LogP contribution in [0.1, 0.15) is 58.3 Å². The molecule has 1 aliphatic heterocycles. The number of unbranched alkanes of at least 4 members (excludes halogenated alkanes) is 5. The maximum Gasteiger partial charge on any atom is 0.0950 e. The van der Waals surface area contributed by atoms with Crippen molar-refractivity contribution >= 4 is 0 Å². The lowest BCUT2D eigenvalue weighted by Gasteiger charge is -1.98. The largest absolute Gasteiger partial charge is 0.369 e. The second-order valence-electron chi connectivity index (χ2n) is 4.18. The summed E-state index contributed by atoms with van der Waals surface area (Å²) in [7, 11) is 0. The van der Waals surface area contributed by atoms with Crippen LogP contribution >= 0.6 is 0 Å². The molecule has 1 heteroatoms. The van der Waals surface area contributed by atoms with E-state index in [9.17, 15) is 0 Å². The van der Waals surface area contributed by atoms with Crippen LogP contribution in [0, 0.1) is 12.3 Å². The van der Waals surface area contributed by atoms with E-state index >= 15 is 0 Å². The molecule has 2 unspecified atom stereocenters. The number of rotatable bonds is 8. The zero-order chi connectivity index (χ0) is 10.2. The number of epoxide rings is 1. The van der Waals surface area contributed by atoms with Gasteiger partial charge in [0.1, 0.15) is 0 Å². The maximum atomic E-state index is 5.44. The molecule has 0 aromatic rings. The third-order valence-corrected chi connectivity index (χ3v) is 2.85. The summed E-state index contributed by atoms with van der Waals surface area (Å²) in [4.78, 5) is 0. The molecule has 1 rings (SSSR count). The molecular weight excluding hydrogens is 172 g/mol. The van der Waals surface area contributed by atoms with E-state index in [0.29, 0.717) is 12.2 Å². The van der Waals surface area contributed by atoms with Gasteiger partial charge in [0.25, 0.3) is 0 Å². The number of hydrogen-bond acceptors (Lipinski definition) is 1. The Hall–Kier alpha value is -0.480. The molecule has 1 aliphatic rings. The van der Waals surface area contributed by atoms with E-state index in [2.05, 4.69) is 12.8 Å². The lowest BCUT2D eigenvalue weighted by molar-refractivity contribution is 0.359. The maximum absolute atomic E-state index is 5.44. The monoisotopic (exact) mass is 194 g/mol. The van der Waals surface area contributed by atoms with E-state index in [0.717, 1.165) is 6.42 Å². The lowest BCUT2D eigenvalue weighted by atomic mass is 10.1. The van der Waals surface area contributed by atoms with Crippen molar-refractivity contribution in [1.29, 1.82) is 0 Å². The Kier molecular flexibility index (Phi) is 5.71. The van der Waals surface area contributed by atoms with Gasteiger partial charge in [-0.2, -0.15) is 0 Å². The number of hydrogen-bond donors (Lipinski definition) is 0. The van der Waals surface area contributed by atoms with Crippen LogP contribution in [0.2, 0.25) is 0 Å². The first-order valence-corrected chi connectivity index (χ1v) is 5.97. The van der Waals surface area contributed by atoms with Crippen molar-refractivity contribution in [3.05, 3.63) is 0 Å². The molecule has 2 atom stereocenters. The summed E-state index contributed by atoms with van der Waals surface area (Å²) in [6.45, 7) is 2.25. The van der Waals surface area contributed by atoms with Crippen LogP contribution in [0.3, 0.4) is 0 Å². The van der Waals surface area contributed by atoms with Gasteiger partial charge in [0, 0.05) is 6.42 Å². The fourth-order valence-electron chi connectivity index (χ4n) is 1.85. The van der Waals surface area contributed by atoms with Crippen molar-refractivity contribution in [3.63, 3.8) is 0 Å². The Morgan fingerprint density at radius 3 is 2.50 bits per heavy atom. The van der Waals surface area contributed by atoms with Gasteiger partial charge in [-0.25, -0.2) is 0 Å². The van der Waals surface area contributed by atoms with Gasteiger partial charge in [0.05, 0.1) is 12.2 Å². The first kappa shape index (κ1) is 11.6. The van der Waals surface area contributed by atoms with Crippen LogP contribution in [-0.2, 0) is 4.74 Å². The van der Waals surface area contributed by atoms with Crippen LogP contribution in [0.4, 0.5) is 0 Å². The van der Waals surface area contributed by atoms with Crippen LogP contribution < -0.4 is 0 Å². The molecule has 0 bridgehead atoms. The average molecular weight is 194 g/mol. The highest BCUT2D eigenvalue weighted by Gasteiger charge is 2.36. The predicted octanol–water partition coefficient (Wildman–Crippen LogP) is 3.53. The Labute approximate surface area is 88.2 Å². The number of terminal acetylenes is 1. The normalized spacial score (nSPS) is 24.6. The molecule has 14 heavy (non-hydrogen) atoms. The zero-order valence-corrected chi connectivity index (χ0v) is 9.30. The van der Waals surface area contributed by atoms with Crippen LogP contribution in [0.5, 0.6) is 0 Å². The van der Waals surface area contributed by atoms with E-state index in [-0.39, 0.29) is 0 Å². The van der Waals surface area contributed by atoms with Gasteiger partial charge in [-0.1, -0.05) is 45.4 Å². The first-order chi connectivity index (χ1) is 6.88. The molecular formula is C13H22O. The van der Waals surface area contributed by atoms with Gasteiger partial charge in [0.2, 0.25) is 0 Å².